The predicted octanol–water partition coefficient (Wildman–Crippen LogP) is 3.46. The molecule has 3 amide bonds. The molecule has 0 fully saturated rings. The number of imidazole rings is 1. The number of esters is 1. The molecule has 0 aliphatic heterocycles. The third kappa shape index (κ3) is 14.5. The van der Waals surface area contributed by atoms with Gasteiger partial charge in [0.1, 0.15) is 24.3 Å². The fourth-order valence-corrected chi connectivity index (χ4v) is 7.38. The summed E-state index contributed by atoms with van der Waals surface area (Å²) >= 11 is 1.02. The van der Waals surface area contributed by atoms with Gasteiger partial charge in [-0.2, -0.15) is 9.97 Å². The van der Waals surface area contributed by atoms with Crippen molar-refractivity contribution in [3.05, 3.63) is 30.6 Å². The molecule has 3 aromatic heterocycles. The highest BCUT2D eigenvalue weighted by Crippen LogP contribution is 2.25. The average molecular weight is 848 g/mol. The fourth-order valence-electron chi connectivity index (χ4n) is 5.10. The van der Waals surface area contributed by atoms with E-state index in [4.69, 9.17) is 14.2 Å². The highest BCUT2D eigenvalue weighted by Gasteiger charge is 2.24. The molecule has 0 saturated carbocycles. The van der Waals surface area contributed by atoms with E-state index in [1.807, 2.05) is 0 Å². The summed E-state index contributed by atoms with van der Waals surface area (Å²) in [7, 11) is -4.01. The van der Waals surface area contributed by atoms with Crippen molar-refractivity contribution in [2.24, 2.45) is 0 Å². The quantitative estimate of drug-likeness (QED) is 0.0485. The van der Waals surface area contributed by atoms with Crippen molar-refractivity contribution in [3.8, 4) is 0 Å². The van der Waals surface area contributed by atoms with Gasteiger partial charge in [-0.1, -0.05) is 12.1 Å². The standard InChI is InChI=1S/C36H53N11O9S2/c1-8-54-27(49)22-46(20-19-42-58(52,53)34-43-24-13-9-10-14-25(24)57-34)26(48)21-47-23-41-28-29(37-15-11-17-39-32(50)55-35(2,3)4)44-31(45-30(28)47)38-16-12-18-40-33(51)56-36(5,6)7/h9-10,13-14,23,42H,8,11-12,15-22H2,1-7H3,(H,39,50)(H,40,51)(H2,37,38,44,45). The summed E-state index contributed by atoms with van der Waals surface area (Å²) in [6, 6.07) is 7.04. The monoisotopic (exact) mass is 847 g/mol. The SMILES string of the molecule is CCOC(=O)CN(CCNS(=O)(=O)c1nc2ccccc2s1)C(=O)Cn1cnc2c(NCCCNC(=O)OC(C)(C)C)nc(NCCCNC(=O)OC(C)(C)C)nc21. The average Bonchev–Trinajstić information content (AvgIpc) is 3.74. The summed E-state index contributed by atoms with van der Waals surface area (Å²) < 4.78 is 46.4. The maximum absolute atomic E-state index is 13.8. The summed E-state index contributed by atoms with van der Waals surface area (Å²) in [6.45, 7) is 12.7. The molecule has 4 aromatic rings. The van der Waals surface area contributed by atoms with Gasteiger partial charge >= 0.3 is 18.2 Å². The molecular formula is C36H53N11O9S2. The largest absolute Gasteiger partial charge is 0.465 e. The third-order valence-electron chi connectivity index (χ3n) is 7.54. The maximum atomic E-state index is 13.8. The lowest BCUT2D eigenvalue weighted by Gasteiger charge is -2.22. The van der Waals surface area contributed by atoms with E-state index >= 15 is 0 Å². The van der Waals surface area contributed by atoms with Gasteiger partial charge in [0.05, 0.1) is 23.2 Å². The van der Waals surface area contributed by atoms with E-state index in [-0.39, 0.29) is 36.5 Å². The van der Waals surface area contributed by atoms with Crippen LogP contribution in [-0.4, -0.2) is 126 Å². The smallest absolute Gasteiger partial charge is 0.407 e. The second kappa shape index (κ2) is 20.4. The Kier molecular flexibility index (Phi) is 15.9. The number of anilines is 2. The summed E-state index contributed by atoms with van der Waals surface area (Å²) in [6.07, 6.45) is 1.36. The Morgan fingerprint density at radius 1 is 0.845 bits per heavy atom. The number of carbonyl (C=O) groups is 4. The summed E-state index contributed by atoms with van der Waals surface area (Å²) in [5.41, 5.74) is -0.0676. The van der Waals surface area contributed by atoms with Gasteiger partial charge in [0.15, 0.2) is 17.0 Å². The zero-order valence-corrected chi connectivity index (χ0v) is 35.5. The molecule has 3 heterocycles. The predicted molar refractivity (Wildman–Crippen MR) is 218 cm³/mol. The number of ether oxygens (including phenoxy) is 3. The van der Waals surface area contributed by atoms with Crippen molar-refractivity contribution in [1.82, 2.24) is 44.8 Å². The van der Waals surface area contributed by atoms with Crippen LogP contribution in [0.15, 0.2) is 34.9 Å². The number of sulfonamides is 1. The molecule has 0 spiro atoms. The number of benzene rings is 1. The first-order valence-corrected chi connectivity index (χ1v) is 21.1. The van der Waals surface area contributed by atoms with Crippen LogP contribution in [0.1, 0.15) is 61.3 Å². The number of para-hydroxylation sites is 1. The summed E-state index contributed by atoms with van der Waals surface area (Å²) in [4.78, 5) is 69.5. The first-order valence-electron chi connectivity index (χ1n) is 18.8. The van der Waals surface area contributed by atoms with Crippen molar-refractivity contribution < 1.29 is 41.8 Å². The van der Waals surface area contributed by atoms with Gasteiger partial charge in [-0.25, -0.2) is 32.7 Å². The summed E-state index contributed by atoms with van der Waals surface area (Å²) in [5, 5.41) is 11.8. The Bertz CT molecular complexity index is 2110. The molecule has 0 bridgehead atoms. The zero-order valence-electron chi connectivity index (χ0n) is 33.8. The minimum Gasteiger partial charge on any atom is -0.465 e. The van der Waals surface area contributed by atoms with Crippen molar-refractivity contribution in [2.45, 2.75) is 83.4 Å². The van der Waals surface area contributed by atoms with Crippen molar-refractivity contribution in [3.63, 3.8) is 0 Å². The Morgan fingerprint density at radius 2 is 1.48 bits per heavy atom. The van der Waals surface area contributed by atoms with E-state index in [0.717, 1.165) is 11.3 Å². The van der Waals surface area contributed by atoms with Crippen molar-refractivity contribution >= 4 is 78.6 Å². The number of nitrogens with zero attached hydrogens (tertiary/aromatic N) is 6. The molecule has 0 atom stereocenters. The first kappa shape index (κ1) is 45.4. The Hall–Kier alpha value is -5.35. The van der Waals surface area contributed by atoms with E-state index in [2.05, 4.69) is 45.9 Å². The Labute approximate surface area is 341 Å². The molecule has 22 heteroatoms. The van der Waals surface area contributed by atoms with E-state index in [9.17, 15) is 27.6 Å². The van der Waals surface area contributed by atoms with Crippen molar-refractivity contribution in [2.75, 3.05) is 63.1 Å². The van der Waals surface area contributed by atoms with Gasteiger partial charge in [-0.15, -0.1) is 11.3 Å². The molecule has 0 aliphatic rings. The van der Waals surface area contributed by atoms with Crippen LogP contribution in [0, 0.1) is 0 Å². The number of rotatable bonds is 20. The number of amides is 3. The second-order valence-corrected chi connectivity index (χ2v) is 17.8. The van der Waals surface area contributed by atoms with Crippen LogP contribution in [0.25, 0.3) is 21.4 Å². The van der Waals surface area contributed by atoms with E-state index in [1.165, 1.54) is 15.8 Å². The lowest BCUT2D eigenvalue weighted by Crippen LogP contribution is -2.43. The fraction of sp³-hybridized carbons (Fsp3) is 0.556. The number of nitrogens with one attached hydrogen (secondary N) is 5. The highest BCUT2D eigenvalue weighted by molar-refractivity contribution is 7.91. The van der Waals surface area contributed by atoms with Crippen LogP contribution in [0.3, 0.4) is 0 Å². The number of hydrogen-bond donors (Lipinski definition) is 5. The molecule has 4 rings (SSSR count). The molecule has 0 unspecified atom stereocenters. The molecule has 0 saturated heterocycles. The number of aromatic nitrogens is 5. The highest BCUT2D eigenvalue weighted by atomic mass is 32.2. The lowest BCUT2D eigenvalue weighted by atomic mass is 10.2. The van der Waals surface area contributed by atoms with Crippen LogP contribution in [-0.2, 0) is 40.4 Å². The van der Waals surface area contributed by atoms with Crippen molar-refractivity contribution in [1.29, 1.82) is 0 Å². The number of fused-ring (bicyclic) bond motifs is 2. The van der Waals surface area contributed by atoms with E-state index in [0.29, 0.717) is 66.2 Å². The summed E-state index contributed by atoms with van der Waals surface area (Å²) in [5.74, 6) is -0.630. The van der Waals surface area contributed by atoms with Gasteiger partial charge in [0, 0.05) is 39.3 Å². The topological polar surface area (TPSA) is 250 Å². The number of hydrogen-bond acceptors (Lipinski definition) is 16. The third-order valence-corrected chi connectivity index (χ3v) is 10.4. The van der Waals surface area contributed by atoms with Crippen LogP contribution < -0.4 is 26.0 Å². The molecule has 0 radical (unpaired) electrons. The molecule has 20 nitrogen and oxygen atoms in total. The molecule has 0 aliphatic carbocycles. The van der Waals surface area contributed by atoms with Gasteiger partial charge < -0.3 is 44.9 Å². The normalized spacial score (nSPS) is 11.9. The number of carbonyl (C=O) groups excluding carboxylic acids is 4. The van der Waals surface area contributed by atoms with Crippen LogP contribution in [0.4, 0.5) is 21.4 Å². The lowest BCUT2D eigenvalue weighted by molar-refractivity contribution is -0.149. The Morgan fingerprint density at radius 3 is 2.10 bits per heavy atom. The van der Waals surface area contributed by atoms with Gasteiger partial charge in [0.25, 0.3) is 10.0 Å². The molecule has 58 heavy (non-hydrogen) atoms. The maximum Gasteiger partial charge on any atom is 0.407 e. The molecule has 318 valence electrons. The molecule has 5 N–H and O–H groups in total. The number of thiazole rings is 1. The van der Waals surface area contributed by atoms with Gasteiger partial charge in [0.2, 0.25) is 16.2 Å². The minimum atomic E-state index is -4.01. The van der Waals surface area contributed by atoms with E-state index in [1.54, 1.807) is 72.7 Å². The number of alkyl carbamates (subject to hydrolysis) is 2. The second-order valence-electron chi connectivity index (χ2n) is 14.8. The van der Waals surface area contributed by atoms with Gasteiger partial charge in [-0.3, -0.25) is 9.59 Å². The zero-order chi connectivity index (χ0) is 42.5. The van der Waals surface area contributed by atoms with Gasteiger partial charge in [-0.05, 0) is 73.4 Å². The van der Waals surface area contributed by atoms with E-state index < -0.39 is 51.8 Å². The molecular weight excluding hydrogens is 795 g/mol. The minimum absolute atomic E-state index is 0.0911. The first-order chi connectivity index (χ1) is 27.3. The Balaban J connectivity index is 1.47. The van der Waals surface area contributed by atoms with Crippen LogP contribution in [0.2, 0.25) is 0 Å². The van der Waals surface area contributed by atoms with Crippen LogP contribution >= 0.6 is 11.3 Å². The van der Waals surface area contributed by atoms with Crippen LogP contribution in [0.5, 0.6) is 0 Å². The molecule has 1 aromatic carbocycles.